The molecule has 0 spiro atoms. The van der Waals surface area contributed by atoms with Gasteiger partial charge in [0.1, 0.15) is 10.6 Å². The minimum Gasteiger partial charge on any atom is -0.465 e. The number of rotatable bonds is 11. The highest BCUT2D eigenvalue weighted by Crippen LogP contribution is 2.39. The van der Waals surface area contributed by atoms with E-state index in [-0.39, 0.29) is 30.5 Å². The highest BCUT2D eigenvalue weighted by molar-refractivity contribution is 7.15. The van der Waals surface area contributed by atoms with Gasteiger partial charge in [0.05, 0.1) is 20.2 Å². The highest BCUT2D eigenvalue weighted by Gasteiger charge is 2.23. The molecule has 1 aromatic heterocycles. The van der Waals surface area contributed by atoms with E-state index in [4.69, 9.17) is 21.1 Å². The summed E-state index contributed by atoms with van der Waals surface area (Å²) < 4.78 is 9.84. The number of halogens is 1. The lowest BCUT2D eigenvalue weighted by Gasteiger charge is -2.16. The fourth-order valence-electron chi connectivity index (χ4n) is 2.85. The van der Waals surface area contributed by atoms with Crippen molar-refractivity contribution in [3.8, 4) is 11.1 Å². The van der Waals surface area contributed by atoms with E-state index in [1.807, 2.05) is 6.07 Å². The first-order valence-electron chi connectivity index (χ1n) is 9.56. The number of benzene rings is 1. The van der Waals surface area contributed by atoms with Gasteiger partial charge in [-0.15, -0.1) is 11.3 Å². The molecule has 8 nitrogen and oxygen atoms in total. The third-order valence-electron chi connectivity index (χ3n) is 4.27. The molecule has 1 heterocycles. The Morgan fingerprint density at radius 3 is 2.48 bits per heavy atom. The predicted octanol–water partition coefficient (Wildman–Crippen LogP) is 2.88. The van der Waals surface area contributed by atoms with E-state index in [0.29, 0.717) is 34.3 Å². The topological polar surface area (TPSA) is 97.0 Å². The van der Waals surface area contributed by atoms with E-state index < -0.39 is 5.97 Å². The molecule has 10 heteroatoms. The Morgan fingerprint density at radius 1 is 1.10 bits per heavy atom. The summed E-state index contributed by atoms with van der Waals surface area (Å²) in [5, 5.41) is 8.11. The second-order valence-corrected chi connectivity index (χ2v) is 8.03. The van der Waals surface area contributed by atoms with Gasteiger partial charge in [-0.2, -0.15) is 0 Å². The van der Waals surface area contributed by atoms with Crippen molar-refractivity contribution in [2.24, 2.45) is 0 Å². The molecule has 0 radical (unpaired) electrons. The second kappa shape index (κ2) is 12.4. The van der Waals surface area contributed by atoms with Crippen LogP contribution in [0.4, 0.5) is 5.00 Å². The molecule has 0 fully saturated rings. The Morgan fingerprint density at radius 2 is 1.81 bits per heavy atom. The zero-order chi connectivity index (χ0) is 22.8. The second-order valence-electron chi connectivity index (χ2n) is 6.74. The first-order chi connectivity index (χ1) is 14.9. The fraction of sp³-hybridized carbons (Fsp3) is 0.381. The van der Waals surface area contributed by atoms with Crippen molar-refractivity contribution in [3.63, 3.8) is 0 Å². The Bertz CT molecular complexity index is 918. The summed E-state index contributed by atoms with van der Waals surface area (Å²) >= 11 is 7.49. The predicted molar refractivity (Wildman–Crippen MR) is 122 cm³/mol. The number of esters is 1. The lowest BCUT2D eigenvalue weighted by molar-refractivity contribution is -0.123. The maximum Gasteiger partial charge on any atom is 0.341 e. The van der Waals surface area contributed by atoms with Crippen LogP contribution in [-0.4, -0.2) is 70.2 Å². The molecule has 0 saturated heterocycles. The molecule has 0 aliphatic carbocycles. The van der Waals surface area contributed by atoms with Crippen LogP contribution in [0.5, 0.6) is 0 Å². The first kappa shape index (κ1) is 24.8. The van der Waals surface area contributed by atoms with Crippen LogP contribution in [0, 0.1) is 0 Å². The normalized spacial score (nSPS) is 10.7. The maximum absolute atomic E-state index is 12.5. The standard InChI is InChI=1S/C21H26ClN3O5S/c1-25(11-17(26)23-9-6-10-29-2)12-18(27)24-20-19(21(28)30-3)15(13-31-20)14-7-4-5-8-16(14)22/h4-5,7-8,13H,6,9-12H2,1-3H3,(H,23,26)(H,24,27). The van der Waals surface area contributed by atoms with Crippen LogP contribution < -0.4 is 10.6 Å². The quantitative estimate of drug-likeness (QED) is 0.389. The molecule has 2 amide bonds. The SMILES string of the molecule is COCCCNC(=O)CN(C)CC(=O)Nc1scc(-c2ccccc2Cl)c1C(=O)OC. The Kier molecular flexibility index (Phi) is 9.93. The number of carbonyl (C=O) groups is 3. The molecular formula is C21H26ClN3O5S. The number of carbonyl (C=O) groups excluding carboxylic acids is 3. The summed E-state index contributed by atoms with van der Waals surface area (Å²) in [5.41, 5.74) is 1.50. The van der Waals surface area contributed by atoms with Gasteiger partial charge in [0.2, 0.25) is 11.8 Å². The first-order valence-corrected chi connectivity index (χ1v) is 10.8. The molecular weight excluding hydrogens is 442 g/mol. The van der Waals surface area contributed by atoms with Gasteiger partial charge in [-0.25, -0.2) is 4.79 Å². The molecule has 2 aromatic rings. The largest absolute Gasteiger partial charge is 0.465 e. The van der Waals surface area contributed by atoms with E-state index in [0.717, 1.165) is 6.42 Å². The summed E-state index contributed by atoms with van der Waals surface area (Å²) in [7, 11) is 4.55. The monoisotopic (exact) mass is 467 g/mol. The number of anilines is 1. The van der Waals surface area contributed by atoms with E-state index >= 15 is 0 Å². The third-order valence-corrected chi connectivity index (χ3v) is 5.50. The Hall–Kier alpha value is -2.46. The van der Waals surface area contributed by atoms with Crippen molar-refractivity contribution >= 4 is 45.7 Å². The van der Waals surface area contributed by atoms with Crippen LogP contribution in [0.25, 0.3) is 11.1 Å². The molecule has 0 saturated carbocycles. The van der Waals surface area contributed by atoms with Crippen molar-refractivity contribution in [2.75, 3.05) is 52.8 Å². The van der Waals surface area contributed by atoms with Crippen LogP contribution in [0.2, 0.25) is 5.02 Å². The number of nitrogens with one attached hydrogen (secondary N) is 2. The summed E-state index contributed by atoms with van der Waals surface area (Å²) in [4.78, 5) is 38.4. The van der Waals surface area contributed by atoms with Gasteiger partial charge in [-0.3, -0.25) is 14.5 Å². The number of thiophene rings is 1. The Balaban J connectivity index is 2.04. The average Bonchev–Trinajstić information content (AvgIpc) is 3.13. The van der Waals surface area contributed by atoms with Crippen LogP contribution in [0.3, 0.4) is 0 Å². The van der Waals surface area contributed by atoms with Crippen LogP contribution in [-0.2, 0) is 19.1 Å². The molecule has 0 bridgehead atoms. The molecule has 0 atom stereocenters. The highest BCUT2D eigenvalue weighted by atomic mass is 35.5. The van der Waals surface area contributed by atoms with E-state index in [1.165, 1.54) is 18.4 Å². The lowest BCUT2D eigenvalue weighted by Crippen LogP contribution is -2.39. The van der Waals surface area contributed by atoms with Gasteiger partial charge in [0.15, 0.2) is 0 Å². The number of methoxy groups -OCH3 is 2. The molecule has 168 valence electrons. The maximum atomic E-state index is 12.5. The van der Waals surface area contributed by atoms with Crippen molar-refractivity contribution in [1.82, 2.24) is 10.2 Å². The van der Waals surface area contributed by atoms with Crippen molar-refractivity contribution < 1.29 is 23.9 Å². The van der Waals surface area contributed by atoms with Gasteiger partial charge in [-0.05, 0) is 19.5 Å². The molecule has 31 heavy (non-hydrogen) atoms. The summed E-state index contributed by atoms with van der Waals surface area (Å²) in [6.07, 6.45) is 0.717. The number of nitrogens with zero attached hydrogens (tertiary/aromatic N) is 1. The van der Waals surface area contributed by atoms with E-state index in [2.05, 4.69) is 10.6 Å². The summed E-state index contributed by atoms with van der Waals surface area (Å²) in [6.45, 7) is 1.12. The molecule has 2 N–H and O–H groups in total. The smallest absolute Gasteiger partial charge is 0.341 e. The molecule has 0 aliphatic rings. The van der Waals surface area contributed by atoms with Crippen molar-refractivity contribution in [1.29, 1.82) is 0 Å². The van der Waals surface area contributed by atoms with Crippen LogP contribution in [0.15, 0.2) is 29.6 Å². The fourth-order valence-corrected chi connectivity index (χ4v) is 4.05. The molecule has 1 aromatic carbocycles. The average molecular weight is 468 g/mol. The number of hydrogen-bond donors (Lipinski definition) is 2. The lowest BCUT2D eigenvalue weighted by atomic mass is 10.0. The van der Waals surface area contributed by atoms with E-state index in [9.17, 15) is 14.4 Å². The Labute approximate surface area is 190 Å². The number of hydrogen-bond acceptors (Lipinski definition) is 7. The van der Waals surface area contributed by atoms with Crippen molar-refractivity contribution in [2.45, 2.75) is 6.42 Å². The molecule has 2 rings (SSSR count). The summed E-state index contributed by atoms with van der Waals surface area (Å²) in [6, 6.07) is 7.13. The molecule has 0 aliphatic heterocycles. The van der Waals surface area contributed by atoms with Gasteiger partial charge < -0.3 is 20.1 Å². The third kappa shape index (κ3) is 7.32. The zero-order valence-corrected chi connectivity index (χ0v) is 19.3. The van der Waals surface area contributed by atoms with Gasteiger partial charge >= 0.3 is 5.97 Å². The summed E-state index contributed by atoms with van der Waals surface area (Å²) in [5.74, 6) is -1.11. The minimum absolute atomic E-state index is 0.0224. The number of likely N-dealkylation sites (N-methyl/N-ethyl adjacent to an activating group) is 1. The van der Waals surface area contributed by atoms with Gasteiger partial charge in [0.25, 0.3) is 0 Å². The van der Waals surface area contributed by atoms with Crippen molar-refractivity contribution in [3.05, 3.63) is 40.2 Å². The van der Waals surface area contributed by atoms with E-state index in [1.54, 1.807) is 42.6 Å². The number of ether oxygens (including phenoxy) is 2. The minimum atomic E-state index is -0.574. The van der Waals surface area contributed by atoms with Gasteiger partial charge in [-0.1, -0.05) is 29.8 Å². The zero-order valence-electron chi connectivity index (χ0n) is 17.7. The van der Waals surface area contributed by atoms with Crippen LogP contribution in [0.1, 0.15) is 16.8 Å². The molecule has 0 unspecified atom stereocenters. The van der Waals surface area contributed by atoms with Crippen LogP contribution >= 0.6 is 22.9 Å². The number of amides is 2. The van der Waals surface area contributed by atoms with Gasteiger partial charge in [0, 0.05) is 41.8 Å².